The van der Waals surface area contributed by atoms with E-state index in [1.54, 1.807) is 19.4 Å². The Morgan fingerprint density at radius 2 is 2.42 bits per heavy atom. The van der Waals surface area contributed by atoms with Gasteiger partial charge in [0, 0.05) is 25.4 Å². The molecule has 1 amide bonds. The zero-order chi connectivity index (χ0) is 13.7. The van der Waals surface area contributed by atoms with Crippen molar-refractivity contribution in [2.75, 3.05) is 13.7 Å². The minimum atomic E-state index is -0.0417. The molecular weight excluding hydrogens is 244 g/mol. The number of nitrogens with zero attached hydrogens (tertiary/aromatic N) is 1. The van der Waals surface area contributed by atoms with Crippen LogP contribution in [0.25, 0.3) is 0 Å². The Morgan fingerprint density at radius 1 is 1.58 bits per heavy atom. The summed E-state index contributed by atoms with van der Waals surface area (Å²) in [7, 11) is 1.58. The molecule has 1 fully saturated rings. The predicted octanol–water partition coefficient (Wildman–Crippen LogP) is 1.52. The fourth-order valence-electron chi connectivity index (χ4n) is 2.22. The number of methoxy groups -OCH3 is 1. The number of hydrogen-bond donors (Lipinski definition) is 1. The summed E-state index contributed by atoms with van der Waals surface area (Å²) in [5.41, 5.74) is 0.957. The van der Waals surface area contributed by atoms with Crippen LogP contribution in [0.15, 0.2) is 18.3 Å². The molecule has 2 unspecified atom stereocenters. The van der Waals surface area contributed by atoms with Crippen molar-refractivity contribution in [2.24, 2.45) is 5.92 Å². The lowest BCUT2D eigenvalue weighted by molar-refractivity contribution is -0.133. The first kappa shape index (κ1) is 13.8. The van der Waals surface area contributed by atoms with Gasteiger partial charge in [0.05, 0.1) is 19.1 Å². The number of hydrogen-bond acceptors (Lipinski definition) is 4. The van der Waals surface area contributed by atoms with Gasteiger partial charge in [-0.15, -0.1) is 0 Å². The van der Waals surface area contributed by atoms with Gasteiger partial charge in [-0.1, -0.05) is 6.07 Å². The van der Waals surface area contributed by atoms with Crippen LogP contribution in [0.4, 0.5) is 0 Å². The first-order valence-corrected chi connectivity index (χ1v) is 6.59. The van der Waals surface area contributed by atoms with Gasteiger partial charge in [-0.2, -0.15) is 0 Å². The lowest BCUT2D eigenvalue weighted by atomic mass is 9.94. The molecule has 2 atom stereocenters. The predicted molar refractivity (Wildman–Crippen MR) is 70.8 cm³/mol. The number of ether oxygens (including phenoxy) is 2. The van der Waals surface area contributed by atoms with Crippen LogP contribution < -0.4 is 10.1 Å². The summed E-state index contributed by atoms with van der Waals surface area (Å²) in [4.78, 5) is 16.2. The van der Waals surface area contributed by atoms with Crippen LogP contribution in [-0.2, 0) is 16.1 Å². The Bertz CT molecular complexity index is 419. The molecule has 0 radical (unpaired) electrons. The van der Waals surface area contributed by atoms with E-state index in [0.717, 1.165) is 25.0 Å². The summed E-state index contributed by atoms with van der Waals surface area (Å²) in [5, 5.41) is 2.94. The van der Waals surface area contributed by atoms with Gasteiger partial charge in [0.15, 0.2) is 0 Å². The number of nitrogens with one attached hydrogen (secondary N) is 1. The Morgan fingerprint density at radius 3 is 3.05 bits per heavy atom. The fourth-order valence-corrected chi connectivity index (χ4v) is 2.22. The number of rotatable bonds is 4. The van der Waals surface area contributed by atoms with Crippen LogP contribution in [0.1, 0.15) is 25.3 Å². The zero-order valence-corrected chi connectivity index (χ0v) is 11.4. The molecule has 5 heteroatoms. The second-order valence-electron chi connectivity index (χ2n) is 4.75. The van der Waals surface area contributed by atoms with E-state index in [-0.39, 0.29) is 17.9 Å². The normalized spacial score (nSPS) is 22.8. The number of amides is 1. The Labute approximate surface area is 113 Å². The minimum absolute atomic E-state index is 0.00254. The molecule has 2 rings (SSSR count). The molecule has 0 aromatic carbocycles. The topological polar surface area (TPSA) is 60.5 Å². The molecule has 1 aliphatic heterocycles. The number of aromatic nitrogens is 1. The highest BCUT2D eigenvalue weighted by Gasteiger charge is 2.28. The lowest BCUT2D eigenvalue weighted by Crippen LogP contribution is -2.39. The van der Waals surface area contributed by atoms with Gasteiger partial charge in [0.25, 0.3) is 0 Å². The maximum atomic E-state index is 12.1. The van der Waals surface area contributed by atoms with Crippen molar-refractivity contribution in [3.8, 4) is 5.88 Å². The van der Waals surface area contributed by atoms with Crippen molar-refractivity contribution in [1.29, 1.82) is 0 Å². The van der Waals surface area contributed by atoms with Crippen LogP contribution in [0.2, 0.25) is 0 Å². The van der Waals surface area contributed by atoms with Gasteiger partial charge in [-0.05, 0) is 25.3 Å². The molecule has 0 saturated carbocycles. The molecule has 0 aliphatic carbocycles. The maximum absolute atomic E-state index is 12.1. The van der Waals surface area contributed by atoms with Gasteiger partial charge in [-0.25, -0.2) is 4.98 Å². The van der Waals surface area contributed by atoms with Gasteiger partial charge in [0.1, 0.15) is 0 Å². The van der Waals surface area contributed by atoms with Crippen molar-refractivity contribution in [3.05, 3.63) is 23.9 Å². The van der Waals surface area contributed by atoms with E-state index >= 15 is 0 Å². The van der Waals surface area contributed by atoms with Crippen LogP contribution in [0.3, 0.4) is 0 Å². The number of pyridine rings is 1. The average Bonchev–Trinajstić information content (AvgIpc) is 2.46. The second kappa shape index (κ2) is 6.52. The smallest absolute Gasteiger partial charge is 0.225 e. The average molecular weight is 264 g/mol. The van der Waals surface area contributed by atoms with Crippen molar-refractivity contribution in [2.45, 2.75) is 32.4 Å². The van der Waals surface area contributed by atoms with Crippen LogP contribution in [-0.4, -0.2) is 30.7 Å². The highest BCUT2D eigenvalue weighted by Crippen LogP contribution is 2.20. The van der Waals surface area contributed by atoms with Gasteiger partial charge in [-0.3, -0.25) is 4.79 Å². The molecule has 0 spiro atoms. The third kappa shape index (κ3) is 3.67. The molecule has 1 N–H and O–H groups in total. The molecule has 104 valence electrons. The molecule has 1 saturated heterocycles. The van der Waals surface area contributed by atoms with E-state index in [2.05, 4.69) is 10.3 Å². The van der Waals surface area contributed by atoms with Crippen LogP contribution in [0, 0.1) is 5.92 Å². The lowest BCUT2D eigenvalue weighted by Gasteiger charge is -2.28. The number of carbonyl (C=O) groups excluding carboxylic acids is 1. The third-order valence-corrected chi connectivity index (χ3v) is 3.42. The Hall–Kier alpha value is -1.62. The minimum Gasteiger partial charge on any atom is -0.481 e. The second-order valence-corrected chi connectivity index (χ2v) is 4.75. The van der Waals surface area contributed by atoms with E-state index in [4.69, 9.17) is 9.47 Å². The van der Waals surface area contributed by atoms with Crippen molar-refractivity contribution >= 4 is 5.91 Å². The molecule has 5 nitrogen and oxygen atoms in total. The summed E-state index contributed by atoms with van der Waals surface area (Å²) in [6, 6.07) is 3.68. The quantitative estimate of drug-likeness (QED) is 0.895. The molecule has 1 aliphatic rings. The highest BCUT2D eigenvalue weighted by atomic mass is 16.5. The molecular formula is C14H20N2O3. The molecule has 0 bridgehead atoms. The van der Waals surface area contributed by atoms with Crippen LogP contribution >= 0.6 is 0 Å². The SMILES string of the molecule is COc1ccc(CNC(=O)C2CCCOC2C)cn1. The molecule has 19 heavy (non-hydrogen) atoms. The maximum Gasteiger partial charge on any atom is 0.225 e. The Kier molecular flexibility index (Phi) is 4.74. The number of carbonyl (C=O) groups is 1. The summed E-state index contributed by atoms with van der Waals surface area (Å²) in [6.45, 7) is 3.20. The fraction of sp³-hybridized carbons (Fsp3) is 0.571. The molecule has 2 heterocycles. The largest absolute Gasteiger partial charge is 0.481 e. The summed E-state index contributed by atoms with van der Waals surface area (Å²) in [5.74, 6) is 0.590. The van der Waals surface area contributed by atoms with E-state index < -0.39 is 0 Å². The van der Waals surface area contributed by atoms with Crippen molar-refractivity contribution in [3.63, 3.8) is 0 Å². The van der Waals surface area contributed by atoms with E-state index in [1.807, 2.05) is 13.0 Å². The monoisotopic (exact) mass is 264 g/mol. The molecule has 1 aromatic heterocycles. The summed E-state index contributed by atoms with van der Waals surface area (Å²) >= 11 is 0. The standard InChI is InChI=1S/C14H20N2O3/c1-10-12(4-3-7-19-10)14(17)16-9-11-5-6-13(18-2)15-8-11/h5-6,8,10,12H,3-4,7,9H2,1-2H3,(H,16,17). The van der Waals surface area contributed by atoms with E-state index in [0.29, 0.717) is 12.4 Å². The highest BCUT2D eigenvalue weighted by molar-refractivity contribution is 5.79. The van der Waals surface area contributed by atoms with Gasteiger partial charge < -0.3 is 14.8 Å². The summed E-state index contributed by atoms with van der Waals surface area (Å²) in [6.07, 6.45) is 3.56. The van der Waals surface area contributed by atoms with E-state index in [9.17, 15) is 4.79 Å². The Balaban J connectivity index is 1.85. The molecule has 1 aromatic rings. The van der Waals surface area contributed by atoms with Crippen molar-refractivity contribution < 1.29 is 14.3 Å². The zero-order valence-electron chi connectivity index (χ0n) is 11.4. The van der Waals surface area contributed by atoms with E-state index in [1.165, 1.54) is 0 Å². The first-order chi connectivity index (χ1) is 9.20. The van der Waals surface area contributed by atoms with Gasteiger partial charge in [0.2, 0.25) is 11.8 Å². The third-order valence-electron chi connectivity index (χ3n) is 3.42. The van der Waals surface area contributed by atoms with Gasteiger partial charge >= 0.3 is 0 Å². The summed E-state index contributed by atoms with van der Waals surface area (Å²) < 4.78 is 10.5. The first-order valence-electron chi connectivity index (χ1n) is 6.59. The van der Waals surface area contributed by atoms with Crippen molar-refractivity contribution in [1.82, 2.24) is 10.3 Å². The van der Waals surface area contributed by atoms with Crippen LogP contribution in [0.5, 0.6) is 5.88 Å².